The zero-order valence-corrected chi connectivity index (χ0v) is 20.1. The van der Waals surface area contributed by atoms with Crippen LogP contribution in [0.25, 0.3) is 0 Å². The van der Waals surface area contributed by atoms with Crippen LogP contribution in [-0.4, -0.2) is 65.5 Å². The highest BCUT2D eigenvalue weighted by atomic mass is 16.5. The number of hydrogen-bond donors (Lipinski definition) is 0. The van der Waals surface area contributed by atoms with E-state index in [0.29, 0.717) is 6.04 Å². The largest absolute Gasteiger partial charge is 0.493 e. The molecule has 0 bridgehead atoms. The third kappa shape index (κ3) is 4.59. The highest BCUT2D eigenvalue weighted by molar-refractivity contribution is 5.47. The fraction of sp³-hybridized carbons (Fsp3) is 0.500. The topological polar surface area (TPSA) is 68.5 Å². The van der Waals surface area contributed by atoms with Gasteiger partial charge in [-0.25, -0.2) is 4.68 Å². The number of para-hydroxylation sites is 1. The van der Waals surface area contributed by atoms with Gasteiger partial charge in [0.1, 0.15) is 0 Å². The van der Waals surface area contributed by atoms with Gasteiger partial charge in [0.25, 0.3) is 0 Å². The van der Waals surface area contributed by atoms with E-state index in [2.05, 4.69) is 72.5 Å². The first-order valence-corrected chi connectivity index (χ1v) is 12.3. The molecule has 2 heterocycles. The van der Waals surface area contributed by atoms with E-state index in [-0.39, 0.29) is 6.04 Å². The van der Waals surface area contributed by atoms with Crippen molar-refractivity contribution in [3.63, 3.8) is 0 Å². The van der Waals surface area contributed by atoms with Gasteiger partial charge in [0.2, 0.25) is 0 Å². The fourth-order valence-corrected chi connectivity index (χ4v) is 5.39. The quantitative estimate of drug-likeness (QED) is 0.523. The summed E-state index contributed by atoms with van der Waals surface area (Å²) in [6, 6.07) is 17.1. The molecule has 2 aromatic carbocycles. The molecule has 1 atom stereocenters. The van der Waals surface area contributed by atoms with Gasteiger partial charge in [-0.15, -0.1) is 5.10 Å². The second-order valence-electron chi connectivity index (χ2n) is 9.15. The van der Waals surface area contributed by atoms with E-state index in [4.69, 9.17) is 9.47 Å². The summed E-state index contributed by atoms with van der Waals surface area (Å²) in [5.41, 5.74) is 2.40. The van der Waals surface area contributed by atoms with Crippen molar-refractivity contribution in [1.82, 2.24) is 25.1 Å². The van der Waals surface area contributed by atoms with E-state index in [0.717, 1.165) is 61.9 Å². The van der Waals surface area contributed by atoms with Crippen molar-refractivity contribution in [2.45, 2.75) is 44.2 Å². The van der Waals surface area contributed by atoms with E-state index in [1.165, 1.54) is 24.9 Å². The predicted molar refractivity (Wildman–Crippen MR) is 132 cm³/mol. The highest BCUT2D eigenvalue weighted by Crippen LogP contribution is 2.37. The summed E-state index contributed by atoms with van der Waals surface area (Å²) in [4.78, 5) is 4.96. The number of ether oxygens (including phenoxy) is 2. The number of aromatic nitrogens is 4. The smallest absolute Gasteiger partial charge is 0.173 e. The van der Waals surface area contributed by atoms with E-state index < -0.39 is 0 Å². The van der Waals surface area contributed by atoms with Crippen LogP contribution in [0.4, 0.5) is 5.69 Å². The Bertz CT molecular complexity index is 1060. The molecular weight excluding hydrogens is 428 g/mol. The Labute approximate surface area is 201 Å². The lowest BCUT2D eigenvalue weighted by molar-refractivity contribution is 0.193. The third-order valence-electron chi connectivity index (χ3n) is 7.21. The van der Waals surface area contributed by atoms with E-state index in [1.807, 2.05) is 6.07 Å². The number of benzene rings is 2. The van der Waals surface area contributed by atoms with Crippen LogP contribution < -0.4 is 14.4 Å². The number of tetrazole rings is 1. The van der Waals surface area contributed by atoms with Crippen molar-refractivity contribution in [3.05, 3.63) is 59.9 Å². The molecule has 3 aromatic rings. The van der Waals surface area contributed by atoms with Gasteiger partial charge < -0.3 is 14.4 Å². The monoisotopic (exact) mass is 462 g/mol. The Balaban J connectivity index is 1.47. The lowest BCUT2D eigenvalue weighted by atomic mass is 9.95. The van der Waals surface area contributed by atoms with E-state index >= 15 is 0 Å². The molecule has 2 aliphatic rings. The molecule has 1 saturated carbocycles. The maximum atomic E-state index is 5.64. The Hall–Kier alpha value is -3.13. The summed E-state index contributed by atoms with van der Waals surface area (Å²) >= 11 is 0. The molecule has 0 amide bonds. The summed E-state index contributed by atoms with van der Waals surface area (Å²) in [5, 5.41) is 13.2. The standard InChI is InChI=1S/C26H34N6O2/c1-33-23-14-13-20(19-24(23)34-2)25(26-27-28-29-32(26)22-11-7-4-8-12-22)31-17-15-30(16-18-31)21-9-5-3-6-10-21/h3,5-6,9-10,13-14,19,22,25H,4,7-8,11-12,15-18H2,1-2H3/t25-/m0/s1. The maximum absolute atomic E-state index is 5.64. The molecule has 34 heavy (non-hydrogen) atoms. The molecule has 5 rings (SSSR count). The van der Waals surface area contributed by atoms with Gasteiger partial charge in [0.05, 0.1) is 26.3 Å². The maximum Gasteiger partial charge on any atom is 0.173 e. The van der Waals surface area contributed by atoms with Crippen LogP contribution in [0.3, 0.4) is 0 Å². The van der Waals surface area contributed by atoms with Gasteiger partial charge in [-0.2, -0.15) is 0 Å². The van der Waals surface area contributed by atoms with Crippen LogP contribution in [-0.2, 0) is 0 Å². The van der Waals surface area contributed by atoms with Gasteiger partial charge in [-0.05, 0) is 53.1 Å². The van der Waals surface area contributed by atoms with Crippen molar-refractivity contribution >= 4 is 5.69 Å². The van der Waals surface area contributed by atoms with Gasteiger partial charge >= 0.3 is 0 Å². The summed E-state index contributed by atoms with van der Waals surface area (Å²) in [5.74, 6) is 2.38. The van der Waals surface area contributed by atoms with Crippen LogP contribution in [0.5, 0.6) is 11.5 Å². The SMILES string of the molecule is COc1ccc([C@@H](c2nnnn2C2CCCCC2)N2CCN(c3ccccc3)CC2)cc1OC. The molecule has 1 aromatic heterocycles. The molecule has 2 fully saturated rings. The second kappa shape index (κ2) is 10.4. The fourth-order valence-electron chi connectivity index (χ4n) is 5.39. The normalized spacial score (nSPS) is 18.6. The summed E-state index contributed by atoms with van der Waals surface area (Å²) in [6.07, 6.45) is 6.05. The van der Waals surface area contributed by atoms with Gasteiger partial charge in [0.15, 0.2) is 17.3 Å². The van der Waals surface area contributed by atoms with Crippen LogP contribution >= 0.6 is 0 Å². The number of piperazine rings is 1. The Morgan fingerprint density at radius 3 is 2.29 bits per heavy atom. The Morgan fingerprint density at radius 2 is 1.59 bits per heavy atom. The highest BCUT2D eigenvalue weighted by Gasteiger charge is 2.33. The lowest BCUT2D eigenvalue weighted by Crippen LogP contribution is -2.48. The van der Waals surface area contributed by atoms with Crippen LogP contribution in [0.2, 0.25) is 0 Å². The number of rotatable bonds is 7. The minimum Gasteiger partial charge on any atom is -0.493 e. The molecule has 1 aliphatic carbocycles. The van der Waals surface area contributed by atoms with Crippen molar-refractivity contribution in [2.75, 3.05) is 45.3 Å². The van der Waals surface area contributed by atoms with E-state index in [1.54, 1.807) is 14.2 Å². The van der Waals surface area contributed by atoms with Crippen LogP contribution in [0.1, 0.15) is 55.6 Å². The molecule has 0 N–H and O–H groups in total. The molecule has 1 aliphatic heterocycles. The molecule has 180 valence electrons. The summed E-state index contributed by atoms with van der Waals surface area (Å²) in [6.45, 7) is 3.76. The first-order chi connectivity index (χ1) is 16.8. The Kier molecular flexibility index (Phi) is 6.94. The van der Waals surface area contributed by atoms with Gasteiger partial charge in [0, 0.05) is 31.9 Å². The zero-order chi connectivity index (χ0) is 23.3. The number of anilines is 1. The minimum atomic E-state index is -0.0466. The van der Waals surface area contributed by atoms with Gasteiger partial charge in [-0.3, -0.25) is 4.90 Å². The van der Waals surface area contributed by atoms with Crippen molar-refractivity contribution in [3.8, 4) is 11.5 Å². The summed E-state index contributed by atoms with van der Waals surface area (Å²) in [7, 11) is 3.35. The predicted octanol–water partition coefficient (Wildman–Crippen LogP) is 4.11. The Morgan fingerprint density at radius 1 is 0.853 bits per heavy atom. The van der Waals surface area contributed by atoms with Crippen LogP contribution in [0.15, 0.2) is 48.5 Å². The molecule has 8 nitrogen and oxygen atoms in total. The number of methoxy groups -OCH3 is 2. The molecule has 1 saturated heterocycles. The molecule has 0 spiro atoms. The summed E-state index contributed by atoms with van der Waals surface area (Å²) < 4.78 is 13.2. The molecule has 8 heteroatoms. The third-order valence-corrected chi connectivity index (χ3v) is 7.21. The van der Waals surface area contributed by atoms with Crippen molar-refractivity contribution < 1.29 is 9.47 Å². The number of nitrogens with zero attached hydrogens (tertiary/aromatic N) is 6. The zero-order valence-electron chi connectivity index (χ0n) is 20.1. The van der Waals surface area contributed by atoms with Crippen molar-refractivity contribution in [2.24, 2.45) is 0 Å². The first-order valence-electron chi connectivity index (χ1n) is 12.3. The first kappa shape index (κ1) is 22.7. The minimum absolute atomic E-state index is 0.0466. The average molecular weight is 463 g/mol. The van der Waals surface area contributed by atoms with Crippen molar-refractivity contribution in [1.29, 1.82) is 0 Å². The number of hydrogen-bond acceptors (Lipinski definition) is 7. The van der Waals surface area contributed by atoms with Gasteiger partial charge in [-0.1, -0.05) is 43.5 Å². The molecular formula is C26H34N6O2. The lowest BCUT2D eigenvalue weighted by Gasteiger charge is -2.40. The van der Waals surface area contributed by atoms with Crippen LogP contribution in [0, 0.1) is 0 Å². The molecule has 0 unspecified atom stereocenters. The molecule has 0 radical (unpaired) electrons. The second-order valence-corrected chi connectivity index (χ2v) is 9.15. The average Bonchev–Trinajstić information content (AvgIpc) is 3.39. The van der Waals surface area contributed by atoms with E-state index in [9.17, 15) is 0 Å².